The average molecular weight is 489 g/mol. The molecule has 2 N–H and O–H groups in total. The second kappa shape index (κ2) is 14.8. The van der Waals surface area contributed by atoms with Gasteiger partial charge in [0.05, 0.1) is 32.5 Å². The Morgan fingerprint density at radius 2 is 1.25 bits per heavy atom. The van der Waals surface area contributed by atoms with Gasteiger partial charge in [-0.25, -0.2) is 0 Å². The molecule has 7 heteroatoms. The van der Waals surface area contributed by atoms with Gasteiger partial charge in [-0.05, 0) is 16.7 Å². The number of nitrogens with zero attached hydrogens (tertiary/aromatic N) is 1. The molecular weight excluding hydrogens is 456 g/mol. The van der Waals surface area contributed by atoms with E-state index in [0.717, 1.165) is 16.7 Å². The number of hydrogen-bond donors (Lipinski definition) is 2. The molecule has 7 nitrogen and oxygen atoms in total. The van der Waals surface area contributed by atoms with E-state index in [1.54, 1.807) is 0 Å². The van der Waals surface area contributed by atoms with Crippen LogP contribution in [0.3, 0.4) is 0 Å². The molecule has 188 valence electrons. The van der Waals surface area contributed by atoms with Crippen molar-refractivity contribution >= 4 is 5.91 Å². The second-order valence-corrected chi connectivity index (χ2v) is 8.40. The van der Waals surface area contributed by atoms with E-state index in [1.165, 1.54) is 6.92 Å². The number of amides is 1. The Balaban J connectivity index is 1.79. The molecule has 0 spiro atoms. The Labute approximate surface area is 212 Å². The summed E-state index contributed by atoms with van der Waals surface area (Å²) >= 11 is 0. The fourth-order valence-corrected chi connectivity index (χ4v) is 3.71. The molecule has 1 amide bonds. The lowest BCUT2D eigenvalue weighted by Crippen LogP contribution is -2.54. The van der Waals surface area contributed by atoms with Gasteiger partial charge in [0.2, 0.25) is 5.91 Å². The van der Waals surface area contributed by atoms with Gasteiger partial charge in [-0.2, -0.15) is 5.26 Å². The van der Waals surface area contributed by atoms with E-state index in [9.17, 15) is 15.2 Å². The van der Waals surface area contributed by atoms with Gasteiger partial charge in [0.25, 0.3) is 0 Å². The SMILES string of the molecule is CC(=O)N[C@@H](C#N)[C@@H](OCc1ccccc1)[C@H](OCc1ccccc1)[C@H](O)COCc1ccccc1. The summed E-state index contributed by atoms with van der Waals surface area (Å²) in [6, 6.07) is 29.7. The number of ether oxygens (including phenoxy) is 3. The third-order valence-corrected chi connectivity index (χ3v) is 5.50. The minimum Gasteiger partial charge on any atom is -0.388 e. The van der Waals surface area contributed by atoms with Crippen LogP contribution in [0.1, 0.15) is 23.6 Å². The molecule has 0 radical (unpaired) electrons. The van der Waals surface area contributed by atoms with Crippen LogP contribution in [0.2, 0.25) is 0 Å². The first-order chi connectivity index (χ1) is 17.6. The standard InChI is InChI=1S/C29H32N2O5/c1-22(32)31-26(17-30)28(35-19-24-13-7-3-8-14-24)29(36-20-25-15-9-4-10-16-25)27(33)21-34-18-23-11-5-2-6-12-23/h2-16,26-29,33H,18-21H2,1H3,(H,31,32)/t26-,27+,28+,29+/m0/s1. The predicted octanol–water partition coefficient (Wildman–Crippen LogP) is 3.76. The van der Waals surface area contributed by atoms with E-state index in [-0.39, 0.29) is 25.7 Å². The van der Waals surface area contributed by atoms with Crippen molar-refractivity contribution in [3.63, 3.8) is 0 Å². The van der Waals surface area contributed by atoms with Crippen LogP contribution in [0, 0.1) is 11.3 Å². The molecule has 0 aliphatic heterocycles. The van der Waals surface area contributed by atoms with Gasteiger partial charge in [-0.15, -0.1) is 0 Å². The number of nitriles is 1. The lowest BCUT2D eigenvalue weighted by atomic mass is 10.0. The van der Waals surface area contributed by atoms with E-state index in [2.05, 4.69) is 11.4 Å². The third kappa shape index (κ3) is 8.91. The fourth-order valence-electron chi connectivity index (χ4n) is 3.71. The molecule has 0 aliphatic carbocycles. The van der Waals surface area contributed by atoms with Crippen LogP contribution in [0.25, 0.3) is 0 Å². The smallest absolute Gasteiger partial charge is 0.217 e. The normalized spacial score (nSPS) is 14.2. The maximum atomic E-state index is 11.8. The maximum Gasteiger partial charge on any atom is 0.217 e. The van der Waals surface area contributed by atoms with Crippen molar-refractivity contribution in [3.05, 3.63) is 108 Å². The molecule has 0 fully saturated rings. The van der Waals surface area contributed by atoms with Gasteiger partial charge < -0.3 is 24.6 Å². The van der Waals surface area contributed by atoms with Crippen molar-refractivity contribution < 1.29 is 24.1 Å². The minimum atomic E-state index is -1.12. The predicted molar refractivity (Wildman–Crippen MR) is 135 cm³/mol. The first-order valence-corrected chi connectivity index (χ1v) is 11.8. The quantitative estimate of drug-likeness (QED) is 0.358. The second-order valence-electron chi connectivity index (χ2n) is 8.40. The Kier molecular flexibility index (Phi) is 11.1. The highest BCUT2D eigenvalue weighted by molar-refractivity contribution is 5.73. The molecule has 4 atom stereocenters. The first kappa shape index (κ1) is 27.1. The monoisotopic (exact) mass is 488 g/mol. The van der Waals surface area contributed by atoms with Crippen molar-refractivity contribution in [3.8, 4) is 6.07 Å². The molecule has 3 aromatic carbocycles. The largest absolute Gasteiger partial charge is 0.388 e. The summed E-state index contributed by atoms with van der Waals surface area (Å²) in [4.78, 5) is 11.8. The van der Waals surface area contributed by atoms with Crippen LogP contribution in [0.4, 0.5) is 0 Å². The van der Waals surface area contributed by atoms with E-state index >= 15 is 0 Å². The molecule has 3 aromatic rings. The number of carbonyl (C=O) groups excluding carboxylic acids is 1. The number of aliphatic hydroxyl groups excluding tert-OH is 1. The van der Waals surface area contributed by atoms with Crippen molar-refractivity contribution in [2.75, 3.05) is 6.61 Å². The molecule has 3 rings (SSSR count). The number of benzene rings is 3. The number of rotatable bonds is 14. The Morgan fingerprint density at radius 3 is 1.69 bits per heavy atom. The average Bonchev–Trinajstić information content (AvgIpc) is 2.91. The minimum absolute atomic E-state index is 0.0439. The van der Waals surface area contributed by atoms with Gasteiger partial charge >= 0.3 is 0 Å². The molecule has 0 unspecified atom stereocenters. The Morgan fingerprint density at radius 1 is 0.806 bits per heavy atom. The first-order valence-electron chi connectivity index (χ1n) is 11.8. The molecule has 36 heavy (non-hydrogen) atoms. The van der Waals surface area contributed by atoms with Crippen LogP contribution < -0.4 is 5.32 Å². The molecule has 0 saturated carbocycles. The molecule has 0 saturated heterocycles. The van der Waals surface area contributed by atoms with Crippen LogP contribution in [0.15, 0.2) is 91.0 Å². The number of carbonyl (C=O) groups is 1. The van der Waals surface area contributed by atoms with E-state index < -0.39 is 24.4 Å². The fraction of sp³-hybridized carbons (Fsp3) is 0.310. The summed E-state index contributed by atoms with van der Waals surface area (Å²) in [5.41, 5.74) is 2.75. The van der Waals surface area contributed by atoms with Gasteiger partial charge in [0, 0.05) is 6.92 Å². The van der Waals surface area contributed by atoms with Crippen molar-refractivity contribution in [2.45, 2.75) is 51.1 Å². The summed E-state index contributed by atoms with van der Waals surface area (Å²) in [7, 11) is 0. The highest BCUT2D eigenvalue weighted by atomic mass is 16.6. The number of aliphatic hydroxyl groups is 1. The lowest BCUT2D eigenvalue weighted by Gasteiger charge is -2.33. The Hall–Kier alpha value is -3.54. The van der Waals surface area contributed by atoms with Gasteiger partial charge in [0.15, 0.2) is 0 Å². The number of nitrogens with one attached hydrogen (secondary N) is 1. The highest BCUT2D eigenvalue weighted by Crippen LogP contribution is 2.19. The molecular formula is C29H32N2O5. The zero-order chi connectivity index (χ0) is 25.6. The van der Waals surface area contributed by atoms with Crippen molar-refractivity contribution in [1.82, 2.24) is 5.32 Å². The van der Waals surface area contributed by atoms with Gasteiger partial charge in [-0.1, -0.05) is 91.0 Å². The molecule has 0 aromatic heterocycles. The van der Waals surface area contributed by atoms with Crippen LogP contribution in [0.5, 0.6) is 0 Å². The van der Waals surface area contributed by atoms with Crippen molar-refractivity contribution in [1.29, 1.82) is 5.26 Å². The van der Waals surface area contributed by atoms with Crippen molar-refractivity contribution in [2.24, 2.45) is 0 Å². The maximum absolute atomic E-state index is 11.8. The molecule has 0 bridgehead atoms. The summed E-state index contributed by atoms with van der Waals surface area (Å²) in [5, 5.41) is 23.7. The van der Waals surface area contributed by atoms with E-state index in [4.69, 9.17) is 14.2 Å². The van der Waals surface area contributed by atoms with Gasteiger partial charge in [0.1, 0.15) is 24.4 Å². The molecule has 0 aliphatic rings. The summed E-state index contributed by atoms with van der Waals surface area (Å²) in [5.74, 6) is -0.383. The third-order valence-electron chi connectivity index (χ3n) is 5.50. The zero-order valence-electron chi connectivity index (χ0n) is 20.3. The van der Waals surface area contributed by atoms with E-state index in [1.807, 2.05) is 91.0 Å². The zero-order valence-corrected chi connectivity index (χ0v) is 20.3. The van der Waals surface area contributed by atoms with Crippen LogP contribution >= 0.6 is 0 Å². The van der Waals surface area contributed by atoms with Gasteiger partial charge in [-0.3, -0.25) is 4.79 Å². The molecule has 0 heterocycles. The highest BCUT2D eigenvalue weighted by Gasteiger charge is 2.37. The van der Waals surface area contributed by atoms with Crippen LogP contribution in [-0.4, -0.2) is 42.0 Å². The summed E-state index contributed by atoms with van der Waals surface area (Å²) in [6.45, 7) is 1.96. The topological polar surface area (TPSA) is 101 Å². The van der Waals surface area contributed by atoms with Crippen LogP contribution in [-0.2, 0) is 38.8 Å². The van der Waals surface area contributed by atoms with E-state index in [0.29, 0.717) is 6.61 Å². The number of hydrogen-bond acceptors (Lipinski definition) is 6. The Bertz CT molecular complexity index is 1070. The summed E-state index contributed by atoms with van der Waals surface area (Å²) < 4.78 is 18.1. The summed E-state index contributed by atoms with van der Waals surface area (Å²) in [6.07, 6.45) is -3.04. The lowest BCUT2D eigenvalue weighted by molar-refractivity contribution is -0.153.